The van der Waals surface area contributed by atoms with Crippen molar-refractivity contribution in [2.45, 2.75) is 20.8 Å². The standard InChI is InChI=1S/C27H27N3O4/c1-5-34-24-13-9-7-11-20(24)25-18(3)29-30(23-12-8-6-10-17(23)2)26(25)28-22-15-14-19(33-4)16-21(22)27(31)32/h6-16,28H,5H2,1-4H3,(H,31,32). The van der Waals surface area contributed by atoms with Gasteiger partial charge in [0.2, 0.25) is 0 Å². The van der Waals surface area contributed by atoms with Gasteiger partial charge in [-0.15, -0.1) is 0 Å². The van der Waals surface area contributed by atoms with Crippen LogP contribution in [0.3, 0.4) is 0 Å². The molecule has 0 aliphatic rings. The molecule has 0 radical (unpaired) electrons. The zero-order chi connectivity index (χ0) is 24.2. The Labute approximate surface area is 198 Å². The average molecular weight is 458 g/mol. The molecular weight excluding hydrogens is 430 g/mol. The fourth-order valence-corrected chi connectivity index (χ4v) is 3.96. The molecule has 4 rings (SSSR count). The zero-order valence-corrected chi connectivity index (χ0v) is 19.6. The zero-order valence-electron chi connectivity index (χ0n) is 19.6. The van der Waals surface area contributed by atoms with Crippen molar-refractivity contribution in [1.82, 2.24) is 9.78 Å². The highest BCUT2D eigenvalue weighted by Crippen LogP contribution is 2.41. The number of aromatic carboxylic acids is 1. The van der Waals surface area contributed by atoms with E-state index in [0.29, 0.717) is 23.9 Å². The van der Waals surface area contributed by atoms with Crippen molar-refractivity contribution in [3.05, 3.63) is 83.6 Å². The summed E-state index contributed by atoms with van der Waals surface area (Å²) in [6.07, 6.45) is 0. The molecule has 34 heavy (non-hydrogen) atoms. The van der Waals surface area contributed by atoms with Crippen molar-refractivity contribution in [1.29, 1.82) is 0 Å². The minimum absolute atomic E-state index is 0.0959. The molecule has 3 aromatic carbocycles. The maximum atomic E-state index is 12.1. The van der Waals surface area contributed by atoms with E-state index in [9.17, 15) is 9.90 Å². The summed E-state index contributed by atoms with van der Waals surface area (Å²) in [4.78, 5) is 12.1. The van der Waals surface area contributed by atoms with E-state index >= 15 is 0 Å². The molecular formula is C27H27N3O4. The predicted molar refractivity (Wildman–Crippen MR) is 133 cm³/mol. The maximum Gasteiger partial charge on any atom is 0.337 e. The van der Waals surface area contributed by atoms with Gasteiger partial charge in [0.25, 0.3) is 0 Å². The van der Waals surface area contributed by atoms with E-state index in [-0.39, 0.29) is 5.56 Å². The fourth-order valence-electron chi connectivity index (χ4n) is 3.96. The molecule has 4 aromatic rings. The van der Waals surface area contributed by atoms with Crippen LogP contribution in [0.4, 0.5) is 11.5 Å². The van der Waals surface area contributed by atoms with Crippen LogP contribution in [-0.4, -0.2) is 34.6 Å². The van der Waals surface area contributed by atoms with Crippen molar-refractivity contribution < 1.29 is 19.4 Å². The molecule has 174 valence electrons. The Balaban J connectivity index is 1.98. The molecule has 0 bridgehead atoms. The van der Waals surface area contributed by atoms with Gasteiger partial charge < -0.3 is 19.9 Å². The third kappa shape index (κ3) is 4.32. The van der Waals surface area contributed by atoms with Crippen LogP contribution in [0.15, 0.2) is 66.7 Å². The van der Waals surface area contributed by atoms with Gasteiger partial charge in [-0.05, 0) is 56.7 Å². The lowest BCUT2D eigenvalue weighted by Crippen LogP contribution is -2.08. The third-order valence-electron chi connectivity index (χ3n) is 5.57. The number of hydrogen-bond acceptors (Lipinski definition) is 5. The van der Waals surface area contributed by atoms with Crippen molar-refractivity contribution in [2.75, 3.05) is 19.0 Å². The van der Waals surface area contributed by atoms with Gasteiger partial charge in [0.05, 0.1) is 41.9 Å². The number of hydrogen-bond donors (Lipinski definition) is 2. The second kappa shape index (κ2) is 9.70. The van der Waals surface area contributed by atoms with Gasteiger partial charge in [0, 0.05) is 5.56 Å². The molecule has 0 atom stereocenters. The van der Waals surface area contributed by atoms with Crippen LogP contribution in [-0.2, 0) is 0 Å². The number of nitrogens with zero attached hydrogens (tertiary/aromatic N) is 2. The number of aromatic nitrogens is 2. The van der Waals surface area contributed by atoms with Crippen LogP contribution in [0.1, 0.15) is 28.5 Å². The molecule has 0 spiro atoms. The van der Waals surface area contributed by atoms with Crippen LogP contribution in [0.5, 0.6) is 11.5 Å². The van der Waals surface area contributed by atoms with E-state index in [1.807, 2.05) is 74.0 Å². The Morgan fingerprint density at radius 1 is 1.06 bits per heavy atom. The minimum atomic E-state index is -1.06. The molecule has 1 heterocycles. The Kier molecular flexibility index (Phi) is 6.54. The summed E-state index contributed by atoms with van der Waals surface area (Å²) in [5.74, 6) is 0.782. The maximum absolute atomic E-state index is 12.1. The quantitative estimate of drug-likeness (QED) is 0.337. The number of carboxylic acids is 1. The highest BCUT2D eigenvalue weighted by Gasteiger charge is 2.23. The van der Waals surface area contributed by atoms with E-state index in [1.54, 1.807) is 12.1 Å². The lowest BCUT2D eigenvalue weighted by molar-refractivity contribution is 0.0697. The van der Waals surface area contributed by atoms with Gasteiger partial charge in [-0.3, -0.25) is 0 Å². The lowest BCUT2D eigenvalue weighted by Gasteiger charge is -2.17. The Morgan fingerprint density at radius 3 is 2.50 bits per heavy atom. The van der Waals surface area contributed by atoms with Gasteiger partial charge in [0.15, 0.2) is 0 Å². The molecule has 0 saturated heterocycles. The van der Waals surface area contributed by atoms with Crippen LogP contribution in [0.2, 0.25) is 0 Å². The van der Waals surface area contributed by atoms with Crippen LogP contribution in [0.25, 0.3) is 16.8 Å². The van der Waals surface area contributed by atoms with Gasteiger partial charge in [0.1, 0.15) is 17.3 Å². The molecule has 0 amide bonds. The van der Waals surface area contributed by atoms with Crippen LogP contribution >= 0.6 is 0 Å². The van der Waals surface area contributed by atoms with Crippen molar-refractivity contribution in [2.24, 2.45) is 0 Å². The molecule has 0 fully saturated rings. The summed E-state index contributed by atoms with van der Waals surface area (Å²) in [6, 6.07) is 20.6. The molecule has 0 saturated carbocycles. The topological polar surface area (TPSA) is 85.6 Å². The Morgan fingerprint density at radius 2 is 1.79 bits per heavy atom. The van der Waals surface area contributed by atoms with E-state index in [4.69, 9.17) is 14.6 Å². The summed E-state index contributed by atoms with van der Waals surface area (Å²) in [6.45, 7) is 6.41. The second-order valence-electron chi connectivity index (χ2n) is 7.78. The molecule has 7 heteroatoms. The number of para-hydroxylation sites is 2. The average Bonchev–Trinajstić information content (AvgIpc) is 3.15. The second-order valence-corrected chi connectivity index (χ2v) is 7.78. The van der Waals surface area contributed by atoms with E-state index < -0.39 is 5.97 Å². The largest absolute Gasteiger partial charge is 0.497 e. The number of ether oxygens (including phenoxy) is 2. The summed E-state index contributed by atoms with van der Waals surface area (Å²) < 4.78 is 13.0. The third-order valence-corrected chi connectivity index (χ3v) is 5.57. The highest BCUT2D eigenvalue weighted by molar-refractivity contribution is 5.97. The van der Waals surface area contributed by atoms with Crippen LogP contribution < -0.4 is 14.8 Å². The number of carboxylic acid groups (broad SMARTS) is 1. The SMILES string of the molecule is CCOc1ccccc1-c1c(C)nn(-c2ccccc2C)c1Nc1ccc(OC)cc1C(=O)O. The molecule has 7 nitrogen and oxygen atoms in total. The number of aryl methyl sites for hydroxylation is 2. The predicted octanol–water partition coefficient (Wildman–Crippen LogP) is 6.01. The van der Waals surface area contributed by atoms with E-state index in [0.717, 1.165) is 33.8 Å². The first-order chi connectivity index (χ1) is 16.4. The number of nitrogens with one attached hydrogen (secondary N) is 1. The molecule has 0 aliphatic carbocycles. The fraction of sp³-hybridized carbons (Fsp3) is 0.185. The van der Waals surface area contributed by atoms with Crippen molar-refractivity contribution in [3.63, 3.8) is 0 Å². The number of rotatable bonds is 8. The molecule has 0 unspecified atom stereocenters. The Bertz CT molecular complexity index is 1340. The lowest BCUT2D eigenvalue weighted by atomic mass is 10.0. The first-order valence-electron chi connectivity index (χ1n) is 11.0. The van der Waals surface area contributed by atoms with Crippen molar-refractivity contribution in [3.8, 4) is 28.3 Å². The summed E-state index contributed by atoms with van der Waals surface area (Å²) >= 11 is 0. The molecule has 2 N–H and O–H groups in total. The normalized spacial score (nSPS) is 10.7. The Hall–Kier alpha value is -4.26. The van der Waals surface area contributed by atoms with E-state index in [1.165, 1.54) is 13.2 Å². The number of carbonyl (C=O) groups is 1. The molecule has 1 aromatic heterocycles. The number of benzene rings is 3. The number of anilines is 2. The number of methoxy groups -OCH3 is 1. The first kappa shape index (κ1) is 22.9. The smallest absolute Gasteiger partial charge is 0.337 e. The van der Waals surface area contributed by atoms with E-state index in [2.05, 4.69) is 5.32 Å². The first-order valence-corrected chi connectivity index (χ1v) is 11.0. The summed E-state index contributed by atoms with van der Waals surface area (Å²) in [5, 5.41) is 18.1. The van der Waals surface area contributed by atoms with Crippen LogP contribution in [0, 0.1) is 13.8 Å². The highest BCUT2D eigenvalue weighted by atomic mass is 16.5. The van der Waals surface area contributed by atoms with Crippen molar-refractivity contribution >= 4 is 17.5 Å². The van der Waals surface area contributed by atoms with Gasteiger partial charge in [-0.1, -0.05) is 36.4 Å². The summed E-state index contributed by atoms with van der Waals surface area (Å²) in [5.41, 5.74) is 4.93. The molecule has 0 aliphatic heterocycles. The summed E-state index contributed by atoms with van der Waals surface area (Å²) in [7, 11) is 1.51. The van der Waals surface area contributed by atoms with Gasteiger partial charge >= 0.3 is 5.97 Å². The van der Waals surface area contributed by atoms with Gasteiger partial charge in [-0.25, -0.2) is 9.48 Å². The minimum Gasteiger partial charge on any atom is -0.497 e. The monoisotopic (exact) mass is 457 g/mol. The van der Waals surface area contributed by atoms with Gasteiger partial charge in [-0.2, -0.15) is 5.10 Å².